The van der Waals surface area contributed by atoms with Gasteiger partial charge in [0.15, 0.2) is 5.60 Å². The number of benzene rings is 3. The van der Waals surface area contributed by atoms with Crippen molar-refractivity contribution in [3.8, 4) is 11.5 Å². The molecule has 7 rings (SSSR count). The molecule has 0 bridgehead atoms. The van der Waals surface area contributed by atoms with Crippen molar-refractivity contribution in [2.24, 2.45) is 0 Å². The van der Waals surface area contributed by atoms with Gasteiger partial charge in [0.25, 0.3) is 0 Å². The highest BCUT2D eigenvalue weighted by Gasteiger charge is 2.49. The van der Waals surface area contributed by atoms with Crippen LogP contribution in [0.2, 0.25) is 0 Å². The van der Waals surface area contributed by atoms with Crippen LogP contribution in [-0.4, -0.2) is 41.9 Å². The highest BCUT2D eigenvalue weighted by molar-refractivity contribution is 5.98. The van der Waals surface area contributed by atoms with E-state index in [1.54, 1.807) is 4.90 Å². The molecule has 0 saturated carbocycles. The van der Waals surface area contributed by atoms with E-state index in [0.717, 1.165) is 48.1 Å². The third-order valence-corrected chi connectivity index (χ3v) is 8.27. The van der Waals surface area contributed by atoms with Gasteiger partial charge in [0.05, 0.1) is 12.6 Å². The molecule has 3 aromatic rings. The van der Waals surface area contributed by atoms with E-state index in [-0.39, 0.29) is 17.9 Å². The van der Waals surface area contributed by atoms with E-state index in [9.17, 15) is 9.59 Å². The Balaban J connectivity index is 1.21. The summed E-state index contributed by atoms with van der Waals surface area (Å²) in [7, 11) is 0. The maximum absolute atomic E-state index is 13.4. The molecular weight excluding hydrogens is 480 g/mol. The summed E-state index contributed by atoms with van der Waals surface area (Å²) in [6, 6.07) is 18.9. The van der Waals surface area contributed by atoms with Crippen molar-refractivity contribution < 1.29 is 19.1 Å². The second-order valence-electron chi connectivity index (χ2n) is 10.5. The van der Waals surface area contributed by atoms with E-state index in [4.69, 9.17) is 15.2 Å². The molecule has 4 N–H and O–H groups in total. The Morgan fingerprint density at radius 2 is 1.79 bits per heavy atom. The zero-order valence-electron chi connectivity index (χ0n) is 21.0. The number of nitrogen functional groups attached to an aromatic ring is 1. The van der Waals surface area contributed by atoms with Crippen molar-refractivity contribution in [1.82, 2.24) is 10.2 Å². The van der Waals surface area contributed by atoms with Gasteiger partial charge in [-0.1, -0.05) is 24.3 Å². The van der Waals surface area contributed by atoms with Gasteiger partial charge in [0.1, 0.15) is 17.5 Å². The fourth-order valence-electron chi connectivity index (χ4n) is 6.48. The van der Waals surface area contributed by atoms with Gasteiger partial charge in [-0.3, -0.25) is 9.59 Å². The third kappa shape index (κ3) is 3.51. The largest absolute Gasteiger partial charge is 0.456 e. The summed E-state index contributed by atoms with van der Waals surface area (Å²) in [5, 5.41) is 6.30. The fraction of sp³-hybridized carbons (Fsp3) is 0.333. The molecule has 2 saturated heterocycles. The number of rotatable bonds is 3. The number of amides is 2. The lowest BCUT2D eigenvalue weighted by atomic mass is 9.77. The molecule has 3 atom stereocenters. The topological polar surface area (TPSA) is 106 Å². The minimum Gasteiger partial charge on any atom is -0.456 e. The van der Waals surface area contributed by atoms with E-state index < -0.39 is 11.6 Å². The fourth-order valence-corrected chi connectivity index (χ4v) is 6.48. The molecule has 3 aromatic carbocycles. The van der Waals surface area contributed by atoms with Crippen molar-refractivity contribution >= 4 is 23.2 Å². The van der Waals surface area contributed by atoms with Gasteiger partial charge in [-0.25, -0.2) is 0 Å². The maximum atomic E-state index is 13.4. The van der Waals surface area contributed by atoms with Gasteiger partial charge in [-0.05, 0) is 67.6 Å². The monoisotopic (exact) mass is 510 g/mol. The highest BCUT2D eigenvalue weighted by Crippen LogP contribution is 2.56. The van der Waals surface area contributed by atoms with Gasteiger partial charge >= 0.3 is 0 Å². The predicted octanol–water partition coefficient (Wildman–Crippen LogP) is 3.88. The minimum atomic E-state index is -0.821. The van der Waals surface area contributed by atoms with Gasteiger partial charge in [0.2, 0.25) is 11.8 Å². The van der Waals surface area contributed by atoms with Crippen LogP contribution in [0, 0.1) is 0 Å². The number of nitrogens with two attached hydrogens (primary N) is 1. The van der Waals surface area contributed by atoms with Crippen LogP contribution >= 0.6 is 0 Å². The summed E-state index contributed by atoms with van der Waals surface area (Å²) in [6.45, 7) is 1.94. The molecule has 2 fully saturated rings. The van der Waals surface area contributed by atoms with E-state index in [1.165, 1.54) is 0 Å². The van der Waals surface area contributed by atoms with Crippen molar-refractivity contribution in [2.75, 3.05) is 24.1 Å². The average molecular weight is 511 g/mol. The SMILES string of the molecule is Nc1ccc2c(c1)Oc1cc(NC(=O)[C@@H]3CCCN3C(=O)[C@@H]3CCCN3)ccc1C21OCc2ccccc21. The standard InChI is InChI=1S/C30H30N4O4/c31-19-9-11-22-26(15-19)38-27-16-20(10-12-23(27)30(22)21-6-2-1-5-18(21)17-37-30)33-28(35)25-8-4-14-34(25)29(36)24-7-3-13-32-24/h1-2,5-6,9-12,15-16,24-25,32H,3-4,7-8,13-14,17,31H2,(H,33,35)/t24-,25-,30?/m0/s1. The zero-order chi connectivity index (χ0) is 25.9. The predicted molar refractivity (Wildman–Crippen MR) is 143 cm³/mol. The Hall–Kier alpha value is -3.88. The summed E-state index contributed by atoms with van der Waals surface area (Å²) in [5.41, 5.74) is 10.5. The van der Waals surface area contributed by atoms with Crippen LogP contribution in [-0.2, 0) is 26.5 Å². The Labute approximate surface area is 221 Å². The van der Waals surface area contributed by atoms with Gasteiger partial charge in [0, 0.05) is 41.2 Å². The smallest absolute Gasteiger partial charge is 0.247 e. The summed E-state index contributed by atoms with van der Waals surface area (Å²) in [4.78, 5) is 28.1. The second-order valence-corrected chi connectivity index (χ2v) is 10.5. The van der Waals surface area contributed by atoms with Crippen LogP contribution in [0.25, 0.3) is 0 Å². The van der Waals surface area contributed by atoms with Crippen molar-refractivity contribution in [2.45, 2.75) is 50.0 Å². The lowest BCUT2D eigenvalue weighted by Crippen LogP contribution is -2.49. The molecular formula is C30H30N4O4. The summed E-state index contributed by atoms with van der Waals surface area (Å²) in [6.07, 6.45) is 3.29. The molecule has 1 spiro atoms. The van der Waals surface area contributed by atoms with E-state index in [2.05, 4.69) is 22.8 Å². The normalized spacial score (nSPS) is 25.0. The lowest BCUT2D eigenvalue weighted by Gasteiger charge is -2.37. The molecule has 4 aliphatic rings. The van der Waals surface area contributed by atoms with Crippen molar-refractivity contribution in [3.63, 3.8) is 0 Å². The van der Waals surface area contributed by atoms with E-state index in [0.29, 0.717) is 42.4 Å². The van der Waals surface area contributed by atoms with Crippen LogP contribution in [0.5, 0.6) is 11.5 Å². The van der Waals surface area contributed by atoms with E-state index in [1.807, 2.05) is 48.5 Å². The zero-order valence-corrected chi connectivity index (χ0v) is 21.0. The summed E-state index contributed by atoms with van der Waals surface area (Å²) in [5.74, 6) is 1.09. The molecule has 1 unspecified atom stereocenters. The molecule has 0 radical (unpaired) electrons. The number of likely N-dealkylation sites (tertiary alicyclic amines) is 1. The number of hydrogen-bond acceptors (Lipinski definition) is 6. The Morgan fingerprint density at radius 1 is 0.974 bits per heavy atom. The van der Waals surface area contributed by atoms with Gasteiger partial charge < -0.3 is 30.7 Å². The first-order valence-electron chi connectivity index (χ1n) is 13.3. The number of anilines is 2. The third-order valence-electron chi connectivity index (χ3n) is 8.27. The van der Waals surface area contributed by atoms with Crippen LogP contribution in [0.15, 0.2) is 60.7 Å². The number of carbonyl (C=O) groups is 2. The molecule has 8 nitrogen and oxygen atoms in total. The first kappa shape index (κ1) is 23.3. The highest BCUT2D eigenvalue weighted by atomic mass is 16.5. The van der Waals surface area contributed by atoms with Crippen molar-refractivity contribution in [1.29, 1.82) is 0 Å². The molecule has 8 heteroatoms. The number of nitrogens with one attached hydrogen (secondary N) is 2. The van der Waals surface area contributed by atoms with Crippen LogP contribution < -0.4 is 21.1 Å². The molecule has 4 heterocycles. The quantitative estimate of drug-likeness (QED) is 0.462. The molecule has 4 aliphatic heterocycles. The van der Waals surface area contributed by atoms with Crippen molar-refractivity contribution in [3.05, 3.63) is 82.9 Å². The number of nitrogens with zero attached hydrogens (tertiary/aromatic N) is 1. The van der Waals surface area contributed by atoms with Gasteiger partial charge in [-0.2, -0.15) is 0 Å². The number of hydrogen-bond donors (Lipinski definition) is 3. The first-order chi connectivity index (χ1) is 18.5. The van der Waals surface area contributed by atoms with Crippen LogP contribution in [0.1, 0.15) is 47.9 Å². The Bertz CT molecular complexity index is 1450. The molecule has 38 heavy (non-hydrogen) atoms. The first-order valence-corrected chi connectivity index (χ1v) is 13.3. The maximum Gasteiger partial charge on any atom is 0.247 e. The second kappa shape index (κ2) is 8.85. The number of carbonyl (C=O) groups excluding carboxylic acids is 2. The molecule has 0 aromatic heterocycles. The Kier molecular flexibility index (Phi) is 5.42. The Morgan fingerprint density at radius 3 is 2.63 bits per heavy atom. The van der Waals surface area contributed by atoms with Crippen LogP contribution in [0.4, 0.5) is 11.4 Å². The van der Waals surface area contributed by atoms with Gasteiger partial charge in [-0.15, -0.1) is 0 Å². The minimum absolute atomic E-state index is 0.0297. The summed E-state index contributed by atoms with van der Waals surface area (Å²) < 4.78 is 12.9. The summed E-state index contributed by atoms with van der Waals surface area (Å²) >= 11 is 0. The van der Waals surface area contributed by atoms with E-state index >= 15 is 0 Å². The molecule has 194 valence electrons. The molecule has 2 amide bonds. The van der Waals surface area contributed by atoms with Crippen LogP contribution in [0.3, 0.4) is 0 Å². The average Bonchev–Trinajstić information content (AvgIpc) is 3.69. The molecule has 0 aliphatic carbocycles. The number of fused-ring (bicyclic) bond motifs is 6. The lowest BCUT2D eigenvalue weighted by molar-refractivity contribution is -0.138. The number of ether oxygens (including phenoxy) is 2.